The predicted octanol–water partition coefficient (Wildman–Crippen LogP) is 2.15. The third-order valence-corrected chi connectivity index (χ3v) is 6.45. The summed E-state index contributed by atoms with van der Waals surface area (Å²) in [5, 5.41) is 15.6. The van der Waals surface area contributed by atoms with Gasteiger partial charge in [0.25, 0.3) is 0 Å². The van der Waals surface area contributed by atoms with Gasteiger partial charge in [0.15, 0.2) is 10.8 Å². The Morgan fingerprint density at radius 1 is 1.50 bits per heavy atom. The van der Waals surface area contributed by atoms with Gasteiger partial charge in [-0.1, -0.05) is 17.7 Å². The lowest BCUT2D eigenvalue weighted by Gasteiger charge is -2.36. The van der Waals surface area contributed by atoms with E-state index < -0.39 is 17.8 Å². The molecule has 1 aromatic heterocycles. The van der Waals surface area contributed by atoms with E-state index in [1.54, 1.807) is 6.20 Å². The van der Waals surface area contributed by atoms with Crippen LogP contribution in [0.5, 0.6) is 0 Å². The minimum Gasteiger partial charge on any atom is -0.466 e. The van der Waals surface area contributed by atoms with Crippen molar-refractivity contribution < 1.29 is 23.8 Å². The lowest BCUT2D eigenvalue weighted by Crippen LogP contribution is -2.50. The van der Waals surface area contributed by atoms with Crippen LogP contribution < -0.4 is 5.32 Å². The van der Waals surface area contributed by atoms with Crippen molar-refractivity contribution in [1.82, 2.24) is 15.2 Å². The first-order valence-corrected chi connectivity index (χ1v) is 11.2. The third-order valence-electron chi connectivity index (χ3n) is 5.34. The Morgan fingerprint density at radius 2 is 2.34 bits per heavy atom. The summed E-state index contributed by atoms with van der Waals surface area (Å²) >= 11 is 7.75. The number of esters is 1. The van der Waals surface area contributed by atoms with Crippen molar-refractivity contribution in [2.24, 2.45) is 4.99 Å². The van der Waals surface area contributed by atoms with Crippen molar-refractivity contribution in [3.8, 4) is 0 Å². The van der Waals surface area contributed by atoms with Gasteiger partial charge in [-0.05, 0) is 12.1 Å². The van der Waals surface area contributed by atoms with Crippen molar-refractivity contribution in [3.63, 3.8) is 0 Å². The Morgan fingerprint density at radius 3 is 3.03 bits per heavy atom. The number of benzene rings is 1. The van der Waals surface area contributed by atoms with E-state index in [2.05, 4.69) is 10.3 Å². The SMILES string of the molecule is COC(=O)C1=C(CN2CCOCC2CO)NC(c2nccs2)=NC1c1ccc(F)cc1Cl. The van der Waals surface area contributed by atoms with Crippen LogP contribution >= 0.6 is 22.9 Å². The predicted molar refractivity (Wildman–Crippen MR) is 118 cm³/mol. The highest BCUT2D eigenvalue weighted by atomic mass is 35.5. The second-order valence-electron chi connectivity index (χ2n) is 7.27. The third kappa shape index (κ3) is 4.69. The smallest absolute Gasteiger partial charge is 0.338 e. The molecule has 0 saturated carbocycles. The Kier molecular flexibility index (Phi) is 7.17. The molecule has 170 valence electrons. The van der Waals surface area contributed by atoms with Crippen molar-refractivity contribution in [3.05, 3.63) is 62.5 Å². The zero-order valence-electron chi connectivity index (χ0n) is 17.3. The number of aliphatic hydroxyl groups excluding tert-OH is 1. The maximum atomic E-state index is 13.7. The number of aliphatic hydroxyl groups is 1. The number of hydrogen-bond acceptors (Lipinski definition) is 9. The molecule has 0 aliphatic carbocycles. The molecule has 3 heterocycles. The van der Waals surface area contributed by atoms with Gasteiger partial charge in [-0.2, -0.15) is 0 Å². The van der Waals surface area contributed by atoms with Crippen molar-refractivity contribution in [1.29, 1.82) is 0 Å². The molecule has 0 radical (unpaired) electrons. The summed E-state index contributed by atoms with van der Waals surface area (Å²) in [6.45, 7) is 1.72. The van der Waals surface area contributed by atoms with Crippen LogP contribution in [0.15, 0.2) is 46.0 Å². The number of nitrogens with zero attached hydrogens (tertiary/aromatic N) is 3. The molecule has 4 rings (SSSR count). The van der Waals surface area contributed by atoms with E-state index in [-0.39, 0.29) is 23.2 Å². The van der Waals surface area contributed by atoms with Gasteiger partial charge < -0.3 is 19.9 Å². The molecule has 2 N–H and O–H groups in total. The van der Waals surface area contributed by atoms with Gasteiger partial charge >= 0.3 is 5.97 Å². The van der Waals surface area contributed by atoms with Crippen molar-refractivity contribution in [2.45, 2.75) is 12.1 Å². The molecule has 1 fully saturated rings. The summed E-state index contributed by atoms with van der Waals surface area (Å²) in [7, 11) is 1.29. The number of amidine groups is 1. The number of aliphatic imine (C=N–C) groups is 1. The van der Waals surface area contributed by atoms with E-state index in [0.29, 0.717) is 48.4 Å². The summed E-state index contributed by atoms with van der Waals surface area (Å²) in [5.74, 6) is -0.588. The quantitative estimate of drug-likeness (QED) is 0.611. The Hall–Kier alpha value is -2.37. The summed E-state index contributed by atoms with van der Waals surface area (Å²) in [6.07, 6.45) is 1.66. The molecule has 2 aliphatic rings. The highest BCUT2D eigenvalue weighted by molar-refractivity contribution is 7.11. The minimum atomic E-state index is -0.820. The highest BCUT2D eigenvalue weighted by Crippen LogP contribution is 2.37. The number of nitrogens with one attached hydrogen (secondary N) is 1. The van der Waals surface area contributed by atoms with Crippen LogP contribution in [0.2, 0.25) is 5.02 Å². The highest BCUT2D eigenvalue weighted by Gasteiger charge is 2.35. The topological polar surface area (TPSA) is 96.3 Å². The summed E-state index contributed by atoms with van der Waals surface area (Å²) in [6, 6.07) is 2.95. The van der Waals surface area contributed by atoms with E-state index in [0.717, 1.165) is 0 Å². The fourth-order valence-corrected chi connectivity index (χ4v) is 4.59. The Bertz CT molecular complexity index is 1050. The number of morpholine rings is 1. The molecule has 2 aromatic rings. The monoisotopic (exact) mass is 480 g/mol. The number of halogens is 2. The minimum absolute atomic E-state index is 0.0819. The average Bonchev–Trinajstić information content (AvgIpc) is 3.33. The molecule has 2 unspecified atom stereocenters. The molecular formula is C21H22ClFN4O4S. The van der Waals surface area contributed by atoms with Crippen molar-refractivity contribution >= 4 is 34.7 Å². The molecule has 11 heteroatoms. The largest absolute Gasteiger partial charge is 0.466 e. The van der Waals surface area contributed by atoms with Crippen LogP contribution in [0, 0.1) is 5.82 Å². The zero-order valence-corrected chi connectivity index (χ0v) is 18.8. The lowest BCUT2D eigenvalue weighted by atomic mass is 9.95. The molecular weight excluding hydrogens is 459 g/mol. The molecule has 2 atom stereocenters. The maximum Gasteiger partial charge on any atom is 0.338 e. The number of carbonyl (C=O) groups is 1. The van der Waals surface area contributed by atoms with Crippen LogP contribution in [0.3, 0.4) is 0 Å². The molecule has 2 aliphatic heterocycles. The number of rotatable bonds is 6. The number of methoxy groups -OCH3 is 1. The van der Waals surface area contributed by atoms with E-state index >= 15 is 0 Å². The number of ether oxygens (including phenoxy) is 2. The Labute approximate surface area is 193 Å². The first kappa shape index (κ1) is 22.8. The van der Waals surface area contributed by atoms with E-state index in [9.17, 15) is 14.3 Å². The van der Waals surface area contributed by atoms with Crippen LogP contribution in [-0.4, -0.2) is 72.9 Å². The Balaban J connectivity index is 1.82. The van der Waals surface area contributed by atoms with Gasteiger partial charge in [0.2, 0.25) is 0 Å². The summed E-state index contributed by atoms with van der Waals surface area (Å²) in [4.78, 5) is 24.0. The average molecular weight is 481 g/mol. The molecule has 1 saturated heterocycles. The van der Waals surface area contributed by atoms with Crippen LogP contribution in [0.4, 0.5) is 4.39 Å². The normalized spacial score (nSPS) is 21.8. The van der Waals surface area contributed by atoms with E-state index in [1.807, 2.05) is 10.3 Å². The second-order valence-corrected chi connectivity index (χ2v) is 8.58. The maximum absolute atomic E-state index is 13.7. The first-order valence-electron chi connectivity index (χ1n) is 9.95. The van der Waals surface area contributed by atoms with Gasteiger partial charge in [-0.15, -0.1) is 11.3 Å². The first-order chi connectivity index (χ1) is 15.5. The van der Waals surface area contributed by atoms with Crippen LogP contribution in [0.1, 0.15) is 16.6 Å². The second kappa shape index (κ2) is 10.1. The molecule has 0 spiro atoms. The molecule has 32 heavy (non-hydrogen) atoms. The molecule has 1 aromatic carbocycles. The summed E-state index contributed by atoms with van der Waals surface area (Å²) < 4.78 is 24.3. The van der Waals surface area contributed by atoms with Crippen LogP contribution in [0.25, 0.3) is 0 Å². The van der Waals surface area contributed by atoms with Crippen LogP contribution in [-0.2, 0) is 14.3 Å². The fraction of sp³-hybridized carbons (Fsp3) is 0.381. The zero-order chi connectivity index (χ0) is 22.7. The molecule has 0 amide bonds. The van der Waals surface area contributed by atoms with Gasteiger partial charge in [0.05, 0.1) is 38.5 Å². The summed E-state index contributed by atoms with van der Waals surface area (Å²) in [5.41, 5.74) is 1.30. The number of carbonyl (C=O) groups excluding carboxylic acids is 1. The number of hydrogen-bond donors (Lipinski definition) is 2. The van der Waals surface area contributed by atoms with Gasteiger partial charge in [0, 0.05) is 40.9 Å². The van der Waals surface area contributed by atoms with Gasteiger partial charge in [-0.25, -0.2) is 14.2 Å². The lowest BCUT2D eigenvalue weighted by molar-refractivity contribution is -0.136. The van der Waals surface area contributed by atoms with E-state index in [1.165, 1.54) is 36.6 Å². The number of aromatic nitrogens is 1. The standard InChI is InChI=1S/C21H22ClFN4O4S/c1-30-21(29)17-16(9-27-5-6-31-11-13(27)10-28)25-19(20-24-4-7-32-20)26-18(17)14-3-2-12(23)8-15(14)22/h2-4,7-8,13,18,28H,5-6,9-11H2,1H3,(H,25,26). The van der Waals surface area contributed by atoms with Gasteiger partial charge in [-0.3, -0.25) is 9.89 Å². The number of thiazole rings is 1. The van der Waals surface area contributed by atoms with Crippen molar-refractivity contribution in [2.75, 3.05) is 40.0 Å². The fourth-order valence-electron chi connectivity index (χ4n) is 3.74. The molecule has 0 bridgehead atoms. The van der Waals surface area contributed by atoms with Gasteiger partial charge in [0.1, 0.15) is 11.9 Å². The molecule has 8 nitrogen and oxygen atoms in total. The van der Waals surface area contributed by atoms with E-state index in [4.69, 9.17) is 26.1 Å².